The van der Waals surface area contributed by atoms with E-state index in [0.717, 1.165) is 16.6 Å². The summed E-state index contributed by atoms with van der Waals surface area (Å²) in [6.07, 6.45) is -0.902. The second-order valence-electron chi connectivity index (χ2n) is 7.60. The minimum atomic E-state index is -2.95. The van der Waals surface area contributed by atoms with E-state index in [1.54, 1.807) is 4.68 Å². The summed E-state index contributed by atoms with van der Waals surface area (Å²) in [6, 6.07) is 13.7. The third-order valence-corrected chi connectivity index (χ3v) is 4.98. The molecule has 3 aromatic carbocycles. The summed E-state index contributed by atoms with van der Waals surface area (Å²) in [4.78, 5) is 0. The highest BCUT2D eigenvalue weighted by molar-refractivity contribution is 5.82. The van der Waals surface area contributed by atoms with Gasteiger partial charge in [-0.05, 0) is 54.1 Å². The van der Waals surface area contributed by atoms with Crippen LogP contribution in [0.2, 0.25) is 0 Å². The van der Waals surface area contributed by atoms with Gasteiger partial charge in [0.25, 0.3) is 6.43 Å². The maximum atomic E-state index is 14.6. The molecule has 6 nitrogen and oxygen atoms in total. The van der Waals surface area contributed by atoms with Crippen LogP contribution in [0.25, 0.3) is 10.9 Å². The van der Waals surface area contributed by atoms with Crippen molar-refractivity contribution in [1.82, 2.24) is 9.78 Å². The Morgan fingerprint density at radius 2 is 1.71 bits per heavy atom. The number of fused-ring (bicyclic) bond motifs is 1. The average molecular weight is 492 g/mol. The van der Waals surface area contributed by atoms with E-state index in [0.29, 0.717) is 16.9 Å². The Morgan fingerprint density at radius 3 is 2.43 bits per heavy atom. The number of rotatable bonds is 10. The Balaban J connectivity index is 1.57. The molecule has 1 heterocycles. The van der Waals surface area contributed by atoms with E-state index in [-0.39, 0.29) is 18.0 Å². The number of ether oxygens (including phenoxy) is 2. The number of alkyl halides is 4. The fourth-order valence-corrected chi connectivity index (χ4v) is 3.45. The topological polar surface area (TPSA) is 60.3 Å². The van der Waals surface area contributed by atoms with Crippen molar-refractivity contribution in [3.8, 4) is 11.5 Å². The van der Waals surface area contributed by atoms with Gasteiger partial charge in [-0.25, -0.2) is 13.2 Å². The van der Waals surface area contributed by atoms with Gasteiger partial charge < -0.3 is 20.1 Å². The van der Waals surface area contributed by atoms with Gasteiger partial charge in [-0.3, -0.25) is 4.68 Å². The molecule has 0 unspecified atom stereocenters. The summed E-state index contributed by atoms with van der Waals surface area (Å²) in [5, 5.41) is 11.5. The maximum absolute atomic E-state index is 14.6. The van der Waals surface area contributed by atoms with Crippen LogP contribution < -0.4 is 20.1 Å². The molecule has 4 aromatic rings. The normalized spacial score (nSPS) is 11.3. The molecule has 0 saturated heterocycles. The van der Waals surface area contributed by atoms with Gasteiger partial charge in [0.2, 0.25) is 0 Å². The Bertz CT molecular complexity index is 1300. The lowest BCUT2D eigenvalue weighted by Crippen LogP contribution is -2.10. The number of aryl methyl sites for hydroxylation is 1. The van der Waals surface area contributed by atoms with E-state index in [1.165, 1.54) is 36.4 Å². The van der Waals surface area contributed by atoms with Gasteiger partial charge in [-0.15, -0.1) is 0 Å². The highest BCUT2D eigenvalue weighted by atomic mass is 19.3. The Morgan fingerprint density at radius 1 is 0.971 bits per heavy atom. The van der Waals surface area contributed by atoms with Gasteiger partial charge in [-0.2, -0.15) is 13.9 Å². The number of hydrogen-bond acceptors (Lipinski definition) is 5. The van der Waals surface area contributed by atoms with Crippen LogP contribution in [-0.2, 0) is 13.6 Å². The fourth-order valence-electron chi connectivity index (χ4n) is 3.45. The molecule has 0 spiro atoms. The quantitative estimate of drug-likeness (QED) is 0.254. The number of nitrogens with zero attached hydrogens (tertiary/aromatic N) is 2. The highest BCUT2D eigenvalue weighted by Gasteiger charge is 2.14. The zero-order valence-electron chi connectivity index (χ0n) is 18.4. The molecule has 0 amide bonds. The Kier molecular flexibility index (Phi) is 7.23. The molecule has 184 valence electrons. The van der Waals surface area contributed by atoms with E-state index in [9.17, 15) is 22.0 Å². The number of anilines is 3. The third kappa shape index (κ3) is 6.31. The maximum Gasteiger partial charge on any atom is 0.387 e. The molecule has 0 saturated carbocycles. The first-order valence-electron chi connectivity index (χ1n) is 10.5. The monoisotopic (exact) mass is 492 g/mol. The minimum Gasteiger partial charge on any atom is -0.484 e. The first-order valence-corrected chi connectivity index (χ1v) is 10.5. The minimum absolute atomic E-state index is 0.0294. The van der Waals surface area contributed by atoms with E-state index in [4.69, 9.17) is 4.74 Å². The van der Waals surface area contributed by atoms with E-state index in [2.05, 4.69) is 20.5 Å². The smallest absolute Gasteiger partial charge is 0.387 e. The molecule has 0 atom stereocenters. The van der Waals surface area contributed by atoms with E-state index >= 15 is 0 Å². The van der Waals surface area contributed by atoms with Crippen molar-refractivity contribution in [2.24, 2.45) is 7.05 Å². The lowest BCUT2D eigenvalue weighted by atomic mass is 10.1. The Hall–Kier alpha value is -4.02. The molecule has 0 radical (unpaired) electrons. The van der Waals surface area contributed by atoms with E-state index < -0.39 is 25.5 Å². The largest absolute Gasteiger partial charge is 0.484 e. The van der Waals surface area contributed by atoms with Crippen molar-refractivity contribution in [2.45, 2.75) is 19.6 Å². The zero-order valence-corrected chi connectivity index (χ0v) is 18.4. The van der Waals surface area contributed by atoms with Crippen LogP contribution in [0.15, 0.2) is 60.8 Å². The van der Waals surface area contributed by atoms with Crippen LogP contribution in [-0.4, -0.2) is 29.4 Å². The number of nitrogens with one attached hydrogen (secondary N) is 2. The van der Waals surface area contributed by atoms with Crippen molar-refractivity contribution >= 4 is 28.0 Å². The van der Waals surface area contributed by atoms with Gasteiger partial charge >= 0.3 is 6.61 Å². The summed E-state index contributed by atoms with van der Waals surface area (Å²) in [5.41, 5.74) is 2.94. The third-order valence-electron chi connectivity index (χ3n) is 4.98. The summed E-state index contributed by atoms with van der Waals surface area (Å²) >= 11 is 0. The molecule has 0 aliphatic rings. The Labute approximate surface area is 197 Å². The van der Waals surface area contributed by atoms with Crippen LogP contribution in [0.1, 0.15) is 5.56 Å². The zero-order chi connectivity index (χ0) is 24.9. The summed E-state index contributed by atoms with van der Waals surface area (Å²) in [7, 11) is 1.82. The van der Waals surface area contributed by atoms with Crippen LogP contribution in [0.4, 0.5) is 39.0 Å². The van der Waals surface area contributed by atoms with Crippen molar-refractivity contribution in [1.29, 1.82) is 0 Å². The lowest BCUT2D eigenvalue weighted by molar-refractivity contribution is -0.0498. The molecule has 11 heteroatoms. The molecule has 35 heavy (non-hydrogen) atoms. The molecule has 0 bridgehead atoms. The van der Waals surface area contributed by atoms with Crippen molar-refractivity contribution in [2.75, 3.05) is 17.2 Å². The number of benzene rings is 3. The summed E-state index contributed by atoms with van der Waals surface area (Å²) in [6.45, 7) is -3.73. The van der Waals surface area contributed by atoms with Crippen molar-refractivity contribution in [3.63, 3.8) is 0 Å². The molecule has 2 N–H and O–H groups in total. The molecule has 4 rings (SSSR count). The average Bonchev–Trinajstić information content (AvgIpc) is 3.18. The van der Waals surface area contributed by atoms with Crippen LogP contribution in [0.5, 0.6) is 11.5 Å². The SMILES string of the molecule is Cn1cc2cc(NCc3cc(F)c(OCC(F)F)cc3Nc3ccc(OC(F)F)cc3)ccc2n1. The lowest BCUT2D eigenvalue weighted by Gasteiger charge is -2.17. The molecule has 0 aliphatic heterocycles. The van der Waals surface area contributed by atoms with Crippen LogP contribution in [0.3, 0.4) is 0 Å². The molecular weight excluding hydrogens is 471 g/mol. The van der Waals surface area contributed by atoms with Crippen LogP contribution >= 0.6 is 0 Å². The first kappa shape index (κ1) is 24.1. The molecule has 1 aromatic heterocycles. The molecular formula is C24H21F5N4O2. The molecule has 0 fully saturated rings. The standard InChI is InChI=1S/C24H21F5N4O2/c1-33-12-15-8-17(4-7-20(15)32-33)30-11-14-9-19(25)22(34-13-23(26)27)10-21(14)31-16-2-5-18(6-3-16)35-24(28)29/h2-10,12,23-24,30-31H,11,13H2,1H3. The van der Waals surface area contributed by atoms with Gasteiger partial charge in [0.1, 0.15) is 12.4 Å². The van der Waals surface area contributed by atoms with Gasteiger partial charge in [0.05, 0.1) is 5.52 Å². The first-order chi connectivity index (χ1) is 16.8. The second kappa shape index (κ2) is 10.5. The fraction of sp³-hybridized carbons (Fsp3) is 0.208. The summed E-state index contributed by atoms with van der Waals surface area (Å²) in [5.74, 6) is -1.17. The predicted molar refractivity (Wildman–Crippen MR) is 122 cm³/mol. The van der Waals surface area contributed by atoms with Gasteiger partial charge in [0, 0.05) is 48.3 Å². The van der Waals surface area contributed by atoms with E-state index in [1.807, 2.05) is 31.4 Å². The predicted octanol–water partition coefficient (Wildman–Crippen LogP) is 6.31. The highest BCUT2D eigenvalue weighted by Crippen LogP contribution is 2.31. The number of aromatic nitrogens is 2. The second-order valence-corrected chi connectivity index (χ2v) is 7.60. The van der Waals surface area contributed by atoms with Crippen LogP contribution in [0, 0.1) is 5.82 Å². The van der Waals surface area contributed by atoms with Gasteiger partial charge in [0.15, 0.2) is 11.6 Å². The van der Waals surface area contributed by atoms with Crippen molar-refractivity contribution < 1.29 is 31.4 Å². The number of hydrogen-bond donors (Lipinski definition) is 2. The van der Waals surface area contributed by atoms with Crippen molar-refractivity contribution in [3.05, 3.63) is 72.2 Å². The van der Waals surface area contributed by atoms with Gasteiger partial charge in [-0.1, -0.05) is 0 Å². The summed E-state index contributed by atoms with van der Waals surface area (Å²) < 4.78 is 75.5. The molecule has 0 aliphatic carbocycles. The number of halogens is 5.